The topological polar surface area (TPSA) is 185 Å². The Hall–Kier alpha value is -0.350. The first-order chi connectivity index (χ1) is 7.92. The van der Waals surface area contributed by atoms with Crippen LogP contribution in [0.3, 0.4) is 0 Å². The fraction of sp³-hybridized carbons (Fsp3) is 0.800. The van der Waals surface area contributed by atoms with Gasteiger partial charge >= 0.3 is 21.6 Å². The first-order valence-corrected chi connectivity index (χ1v) is 7.49. The Balaban J connectivity index is 0.000000321. The molecule has 0 bridgehead atoms. The van der Waals surface area contributed by atoms with Crippen molar-refractivity contribution in [2.75, 3.05) is 6.54 Å². The molecule has 1 heterocycles. The average molecular weight is 309 g/mol. The van der Waals surface area contributed by atoms with E-state index in [0.717, 1.165) is 11.5 Å². The van der Waals surface area contributed by atoms with E-state index in [4.69, 9.17) is 29.9 Å². The van der Waals surface area contributed by atoms with Gasteiger partial charge < -0.3 is 29.9 Å². The Labute approximate surface area is 101 Å². The second-order valence-corrected chi connectivity index (χ2v) is 5.84. The van der Waals surface area contributed by atoms with E-state index in [1.807, 2.05) is 0 Å². The number of carboxylic acids is 1. The van der Waals surface area contributed by atoms with Crippen LogP contribution in [0.2, 0.25) is 0 Å². The van der Waals surface area contributed by atoms with E-state index in [2.05, 4.69) is 4.31 Å². The standard InChI is InChI=1S/C5H9NO3.H4O7P2/c7-5(8)4-2-1-3-6(4)9;1-8(2,3)7-9(4,5)6/h4,9H,1-3H2,(H,7,8);(H2,1,2,3)(H2,4,5,6). The van der Waals surface area contributed by atoms with Gasteiger partial charge in [-0.1, -0.05) is 0 Å². The molecule has 1 saturated heterocycles. The Morgan fingerprint density at radius 3 is 1.72 bits per heavy atom. The van der Waals surface area contributed by atoms with E-state index in [9.17, 15) is 13.9 Å². The molecule has 0 saturated carbocycles. The number of hydroxylamine groups is 2. The molecule has 0 aromatic rings. The SMILES string of the molecule is O=C(O)C1CCCN1O.O=P(O)(O)OP(=O)(O)O. The van der Waals surface area contributed by atoms with Crippen LogP contribution >= 0.6 is 15.6 Å². The van der Waals surface area contributed by atoms with Gasteiger partial charge in [-0.3, -0.25) is 4.79 Å². The van der Waals surface area contributed by atoms with Crippen molar-refractivity contribution in [1.82, 2.24) is 5.06 Å². The first kappa shape index (κ1) is 17.6. The lowest BCUT2D eigenvalue weighted by molar-refractivity contribution is -0.160. The monoisotopic (exact) mass is 309 g/mol. The normalized spacial score (nSPS) is 21.3. The first-order valence-electron chi connectivity index (χ1n) is 4.43. The summed E-state index contributed by atoms with van der Waals surface area (Å²) in [6, 6.07) is -0.662. The lowest BCUT2D eigenvalue weighted by atomic mass is 10.2. The number of hydrogen-bond donors (Lipinski definition) is 6. The number of aliphatic carboxylic acids is 1. The highest BCUT2D eigenvalue weighted by Gasteiger charge is 2.29. The van der Waals surface area contributed by atoms with E-state index < -0.39 is 27.7 Å². The molecule has 0 spiro atoms. The molecule has 1 unspecified atom stereocenters. The summed E-state index contributed by atoms with van der Waals surface area (Å²) in [4.78, 5) is 41.2. The molecule has 13 heteroatoms. The maximum absolute atomic E-state index is 10.2. The Morgan fingerprint density at radius 1 is 1.17 bits per heavy atom. The van der Waals surface area contributed by atoms with Crippen LogP contribution in [0.4, 0.5) is 0 Å². The molecule has 1 fully saturated rings. The van der Waals surface area contributed by atoms with Crippen molar-refractivity contribution in [3.05, 3.63) is 0 Å². The Bertz CT molecular complexity index is 352. The van der Waals surface area contributed by atoms with Gasteiger partial charge in [0.25, 0.3) is 0 Å². The molecule has 0 radical (unpaired) electrons. The van der Waals surface area contributed by atoms with E-state index >= 15 is 0 Å². The average Bonchev–Trinajstić information content (AvgIpc) is 2.44. The van der Waals surface area contributed by atoms with Gasteiger partial charge in [0.05, 0.1) is 0 Å². The zero-order valence-corrected chi connectivity index (χ0v) is 10.6. The predicted molar refractivity (Wildman–Crippen MR) is 54.3 cm³/mol. The quantitative estimate of drug-likeness (QED) is 0.355. The van der Waals surface area contributed by atoms with E-state index in [1.54, 1.807) is 0 Å². The summed E-state index contributed by atoms with van der Waals surface area (Å²) in [5.74, 6) is -0.935. The third-order valence-corrected chi connectivity index (χ3v) is 3.42. The number of phosphoric acid groups is 2. The van der Waals surface area contributed by atoms with E-state index in [1.165, 1.54) is 0 Å². The summed E-state index contributed by atoms with van der Waals surface area (Å²) in [6.07, 6.45) is 1.33. The van der Waals surface area contributed by atoms with Crippen LogP contribution in [-0.4, -0.2) is 53.5 Å². The molecule has 18 heavy (non-hydrogen) atoms. The van der Waals surface area contributed by atoms with Crippen molar-refractivity contribution >= 4 is 21.6 Å². The maximum atomic E-state index is 10.2. The number of carboxylic acid groups (broad SMARTS) is 1. The van der Waals surface area contributed by atoms with Crippen LogP contribution in [0.5, 0.6) is 0 Å². The third-order valence-electron chi connectivity index (χ3n) is 1.72. The molecule has 11 nitrogen and oxygen atoms in total. The van der Waals surface area contributed by atoms with Crippen LogP contribution in [0.15, 0.2) is 0 Å². The molecule has 6 N–H and O–H groups in total. The van der Waals surface area contributed by atoms with Crippen LogP contribution in [0.1, 0.15) is 12.8 Å². The van der Waals surface area contributed by atoms with Crippen LogP contribution in [0.25, 0.3) is 0 Å². The predicted octanol–water partition coefficient (Wildman–Crippen LogP) is -0.887. The summed E-state index contributed by atoms with van der Waals surface area (Å²) in [7, 11) is -10.1. The second-order valence-electron chi connectivity index (χ2n) is 3.22. The molecule has 1 rings (SSSR count). The van der Waals surface area contributed by atoms with Crippen LogP contribution in [-0.2, 0) is 18.2 Å². The zero-order valence-electron chi connectivity index (χ0n) is 8.86. The number of carbonyl (C=O) groups is 1. The fourth-order valence-corrected chi connectivity index (χ4v) is 2.25. The summed E-state index contributed by atoms with van der Waals surface area (Å²) >= 11 is 0. The van der Waals surface area contributed by atoms with Crippen molar-refractivity contribution in [2.24, 2.45) is 0 Å². The molecule has 0 amide bonds. The zero-order chi connectivity index (χ0) is 14.6. The molecule has 108 valence electrons. The largest absolute Gasteiger partial charge is 0.480 e. The van der Waals surface area contributed by atoms with Gasteiger partial charge in [-0.2, -0.15) is 9.37 Å². The third kappa shape index (κ3) is 8.70. The smallest absolute Gasteiger partial charge is 0.478 e. The van der Waals surface area contributed by atoms with Crippen molar-refractivity contribution in [1.29, 1.82) is 0 Å². The maximum Gasteiger partial charge on any atom is 0.478 e. The molecule has 1 atom stereocenters. The van der Waals surface area contributed by atoms with Gasteiger partial charge in [0.15, 0.2) is 0 Å². The lowest BCUT2D eigenvalue weighted by Crippen LogP contribution is -2.32. The number of nitrogens with zero attached hydrogens (tertiary/aromatic N) is 1. The number of hydrogen-bond acceptors (Lipinski definition) is 6. The van der Waals surface area contributed by atoms with Crippen LogP contribution in [0, 0.1) is 0 Å². The van der Waals surface area contributed by atoms with Crippen LogP contribution < -0.4 is 0 Å². The van der Waals surface area contributed by atoms with E-state index in [0.29, 0.717) is 13.0 Å². The molecular formula is C5H13NO10P2. The minimum atomic E-state index is -5.05. The molecule has 1 aliphatic heterocycles. The molecule has 0 aromatic heterocycles. The van der Waals surface area contributed by atoms with Gasteiger partial charge in [-0.05, 0) is 12.8 Å². The second kappa shape index (κ2) is 6.71. The molecule has 0 aliphatic carbocycles. The Morgan fingerprint density at radius 2 is 1.61 bits per heavy atom. The minimum absolute atomic E-state index is 0.483. The van der Waals surface area contributed by atoms with Gasteiger partial charge in [0.2, 0.25) is 0 Å². The van der Waals surface area contributed by atoms with Gasteiger partial charge in [-0.25, -0.2) is 9.13 Å². The van der Waals surface area contributed by atoms with Gasteiger partial charge in [0.1, 0.15) is 6.04 Å². The Kier molecular flexibility index (Phi) is 6.58. The highest BCUT2D eigenvalue weighted by Crippen LogP contribution is 2.53. The molecule has 0 aromatic carbocycles. The summed E-state index contributed by atoms with van der Waals surface area (Å²) in [5.41, 5.74) is 0. The minimum Gasteiger partial charge on any atom is -0.480 e. The summed E-state index contributed by atoms with van der Waals surface area (Å²) in [6.45, 7) is 0.483. The summed E-state index contributed by atoms with van der Waals surface area (Å²) in [5, 5.41) is 18.1. The number of rotatable bonds is 3. The van der Waals surface area contributed by atoms with Gasteiger partial charge in [-0.15, -0.1) is 0 Å². The molecule has 1 aliphatic rings. The highest BCUT2D eigenvalue weighted by atomic mass is 31.3. The summed E-state index contributed by atoms with van der Waals surface area (Å²) < 4.78 is 22.2. The van der Waals surface area contributed by atoms with Crippen molar-refractivity contribution in [3.63, 3.8) is 0 Å². The lowest BCUT2D eigenvalue weighted by Gasteiger charge is -2.11. The molecular weight excluding hydrogens is 296 g/mol. The van der Waals surface area contributed by atoms with Crippen molar-refractivity contribution in [2.45, 2.75) is 18.9 Å². The van der Waals surface area contributed by atoms with Crippen molar-refractivity contribution in [3.8, 4) is 0 Å². The highest BCUT2D eigenvalue weighted by molar-refractivity contribution is 7.60. The van der Waals surface area contributed by atoms with Crippen molar-refractivity contribution < 1.29 is 48.1 Å². The fourth-order valence-electron chi connectivity index (χ4n) is 1.14. The van der Waals surface area contributed by atoms with E-state index in [-0.39, 0.29) is 0 Å². The van der Waals surface area contributed by atoms with Gasteiger partial charge in [0, 0.05) is 6.54 Å².